The zero-order chi connectivity index (χ0) is 15.8. The lowest BCUT2D eigenvalue weighted by atomic mass is 10.2. The first kappa shape index (κ1) is 18.0. The standard InChI is InChI=1S/C12H20F2N2O4S/c1-2-3-10-16(8(7-21-10)11(17)18)12(19)15-4-5-20-6-9(13)14/h8-10H,2-7H2,1H3,(H,15,19)(H,17,18). The highest BCUT2D eigenvalue weighted by Gasteiger charge is 2.41. The number of ether oxygens (including phenoxy) is 1. The summed E-state index contributed by atoms with van der Waals surface area (Å²) in [6, 6.07) is -1.35. The van der Waals surface area contributed by atoms with E-state index >= 15 is 0 Å². The molecule has 0 aromatic heterocycles. The molecular formula is C12H20F2N2O4S. The van der Waals surface area contributed by atoms with Crippen LogP contribution in [0.5, 0.6) is 0 Å². The topological polar surface area (TPSA) is 78.9 Å². The molecule has 2 amide bonds. The largest absolute Gasteiger partial charge is 0.480 e. The van der Waals surface area contributed by atoms with Crippen molar-refractivity contribution < 1.29 is 28.2 Å². The minimum atomic E-state index is -2.54. The molecule has 0 saturated carbocycles. The number of thioether (sulfide) groups is 1. The van der Waals surface area contributed by atoms with Gasteiger partial charge in [0, 0.05) is 12.3 Å². The second-order valence-electron chi connectivity index (χ2n) is 4.54. The van der Waals surface area contributed by atoms with Gasteiger partial charge in [0.1, 0.15) is 12.6 Å². The minimum Gasteiger partial charge on any atom is -0.480 e. The molecule has 2 N–H and O–H groups in total. The molecule has 0 bridgehead atoms. The average molecular weight is 326 g/mol. The van der Waals surface area contributed by atoms with Crippen molar-refractivity contribution in [2.24, 2.45) is 0 Å². The fraction of sp³-hybridized carbons (Fsp3) is 0.833. The van der Waals surface area contributed by atoms with Gasteiger partial charge in [-0.2, -0.15) is 0 Å². The van der Waals surface area contributed by atoms with E-state index in [2.05, 4.69) is 10.1 Å². The number of amides is 2. The van der Waals surface area contributed by atoms with E-state index in [1.54, 1.807) is 0 Å². The van der Waals surface area contributed by atoms with Crippen molar-refractivity contribution in [2.75, 3.05) is 25.5 Å². The molecule has 0 aromatic carbocycles. The molecule has 0 aliphatic carbocycles. The molecule has 2 unspecified atom stereocenters. The highest BCUT2D eigenvalue weighted by Crippen LogP contribution is 2.32. The van der Waals surface area contributed by atoms with Gasteiger partial charge in [-0.1, -0.05) is 13.3 Å². The summed E-state index contributed by atoms with van der Waals surface area (Å²) in [4.78, 5) is 24.6. The molecule has 21 heavy (non-hydrogen) atoms. The molecule has 0 radical (unpaired) electrons. The molecule has 1 saturated heterocycles. The van der Waals surface area contributed by atoms with Crippen molar-refractivity contribution in [3.05, 3.63) is 0 Å². The third-order valence-corrected chi connectivity index (χ3v) is 4.27. The lowest BCUT2D eigenvalue weighted by Gasteiger charge is -2.27. The van der Waals surface area contributed by atoms with E-state index < -0.39 is 31.1 Å². The van der Waals surface area contributed by atoms with Gasteiger partial charge in [-0.05, 0) is 6.42 Å². The first-order valence-corrected chi connectivity index (χ1v) is 7.78. The van der Waals surface area contributed by atoms with Gasteiger partial charge in [-0.3, -0.25) is 4.90 Å². The van der Waals surface area contributed by atoms with Crippen LogP contribution in [-0.4, -0.2) is 65.4 Å². The van der Waals surface area contributed by atoms with E-state index in [0.717, 1.165) is 6.42 Å². The number of carbonyl (C=O) groups is 2. The number of carboxylic acids is 1. The SMILES string of the molecule is CCCC1SCC(C(=O)O)N1C(=O)NCCOCC(F)F. The monoisotopic (exact) mass is 326 g/mol. The van der Waals surface area contributed by atoms with E-state index in [9.17, 15) is 18.4 Å². The normalized spacial score (nSPS) is 21.8. The Kier molecular flexibility index (Phi) is 7.73. The van der Waals surface area contributed by atoms with Crippen molar-refractivity contribution in [3.63, 3.8) is 0 Å². The molecule has 122 valence electrons. The Morgan fingerprint density at radius 1 is 1.52 bits per heavy atom. The number of urea groups is 1. The third kappa shape index (κ3) is 5.66. The van der Waals surface area contributed by atoms with Crippen LogP contribution in [0.4, 0.5) is 13.6 Å². The van der Waals surface area contributed by atoms with Crippen LogP contribution in [0.3, 0.4) is 0 Å². The molecule has 1 fully saturated rings. The molecule has 0 spiro atoms. The first-order valence-electron chi connectivity index (χ1n) is 6.73. The van der Waals surface area contributed by atoms with Crippen LogP contribution in [0.25, 0.3) is 0 Å². The molecule has 0 aromatic rings. The number of carbonyl (C=O) groups excluding carboxylic acids is 1. The van der Waals surface area contributed by atoms with Gasteiger partial charge >= 0.3 is 12.0 Å². The highest BCUT2D eigenvalue weighted by molar-refractivity contribution is 8.00. The molecule has 1 heterocycles. The molecule has 6 nitrogen and oxygen atoms in total. The summed E-state index contributed by atoms with van der Waals surface area (Å²) in [6.45, 7) is 1.32. The predicted octanol–water partition coefficient (Wildman–Crippen LogP) is 1.61. The smallest absolute Gasteiger partial charge is 0.327 e. The van der Waals surface area contributed by atoms with Crippen LogP contribution in [0.1, 0.15) is 19.8 Å². The molecule has 2 atom stereocenters. The maximum atomic E-state index is 12.1. The Morgan fingerprint density at radius 2 is 2.24 bits per heavy atom. The van der Waals surface area contributed by atoms with E-state index in [-0.39, 0.29) is 18.5 Å². The van der Waals surface area contributed by atoms with Crippen molar-refractivity contribution in [2.45, 2.75) is 37.6 Å². The quantitative estimate of drug-likeness (QED) is 0.663. The van der Waals surface area contributed by atoms with Crippen molar-refractivity contribution in [1.82, 2.24) is 10.2 Å². The number of hydrogen-bond donors (Lipinski definition) is 2. The molecular weight excluding hydrogens is 306 g/mol. The fourth-order valence-electron chi connectivity index (χ4n) is 1.99. The number of alkyl halides is 2. The number of hydrogen-bond acceptors (Lipinski definition) is 4. The summed E-state index contributed by atoms with van der Waals surface area (Å²) in [7, 11) is 0. The Morgan fingerprint density at radius 3 is 2.81 bits per heavy atom. The van der Waals surface area contributed by atoms with Gasteiger partial charge in [-0.25, -0.2) is 18.4 Å². The number of carboxylic acid groups (broad SMARTS) is 1. The van der Waals surface area contributed by atoms with Gasteiger partial charge in [0.05, 0.1) is 12.0 Å². The van der Waals surface area contributed by atoms with Crippen LogP contribution >= 0.6 is 11.8 Å². The minimum absolute atomic E-state index is 0.0345. The summed E-state index contributed by atoms with van der Waals surface area (Å²) in [5, 5.41) is 11.5. The summed E-state index contributed by atoms with van der Waals surface area (Å²) in [6.07, 6.45) is -0.990. The maximum Gasteiger partial charge on any atom is 0.327 e. The first-order chi connectivity index (χ1) is 9.97. The van der Waals surface area contributed by atoms with Gasteiger partial charge in [0.25, 0.3) is 6.43 Å². The Bertz CT molecular complexity index is 360. The number of rotatable bonds is 8. The van der Waals surface area contributed by atoms with E-state index in [1.807, 2.05) is 6.92 Å². The van der Waals surface area contributed by atoms with Crippen molar-refractivity contribution in [1.29, 1.82) is 0 Å². The number of nitrogens with zero attached hydrogens (tertiary/aromatic N) is 1. The molecule has 1 aliphatic heterocycles. The Labute approximate surface area is 126 Å². The van der Waals surface area contributed by atoms with Gasteiger partial charge in [0.2, 0.25) is 0 Å². The summed E-state index contributed by atoms with van der Waals surface area (Å²) in [5.41, 5.74) is 0. The zero-order valence-corrected chi connectivity index (χ0v) is 12.6. The fourth-order valence-corrected chi connectivity index (χ4v) is 3.50. The summed E-state index contributed by atoms with van der Waals surface area (Å²) < 4.78 is 28.4. The maximum absolute atomic E-state index is 12.1. The Balaban J connectivity index is 2.45. The van der Waals surface area contributed by atoms with E-state index in [0.29, 0.717) is 12.2 Å². The van der Waals surface area contributed by atoms with Crippen LogP contribution in [0.15, 0.2) is 0 Å². The van der Waals surface area contributed by atoms with Crippen molar-refractivity contribution in [3.8, 4) is 0 Å². The van der Waals surface area contributed by atoms with Crippen LogP contribution in [-0.2, 0) is 9.53 Å². The van der Waals surface area contributed by atoms with Crippen LogP contribution < -0.4 is 5.32 Å². The van der Waals surface area contributed by atoms with Crippen LogP contribution in [0, 0.1) is 0 Å². The second kappa shape index (κ2) is 9.04. The second-order valence-corrected chi connectivity index (χ2v) is 5.75. The van der Waals surface area contributed by atoms with Gasteiger partial charge < -0.3 is 15.2 Å². The van der Waals surface area contributed by atoms with Gasteiger partial charge in [-0.15, -0.1) is 11.8 Å². The summed E-state index contributed by atoms with van der Waals surface area (Å²) in [5.74, 6) is -0.680. The number of aliphatic carboxylic acids is 1. The number of halogens is 2. The average Bonchev–Trinajstić information content (AvgIpc) is 2.82. The van der Waals surface area contributed by atoms with E-state index in [4.69, 9.17) is 5.11 Å². The highest BCUT2D eigenvalue weighted by atomic mass is 32.2. The molecule has 9 heteroatoms. The number of nitrogens with one attached hydrogen (secondary N) is 1. The van der Waals surface area contributed by atoms with E-state index in [1.165, 1.54) is 16.7 Å². The van der Waals surface area contributed by atoms with Gasteiger partial charge in [0.15, 0.2) is 0 Å². The predicted molar refractivity (Wildman–Crippen MR) is 74.6 cm³/mol. The third-order valence-electron chi connectivity index (χ3n) is 2.91. The van der Waals surface area contributed by atoms with Crippen LogP contribution in [0.2, 0.25) is 0 Å². The molecule has 1 rings (SSSR count). The lowest BCUT2D eigenvalue weighted by Crippen LogP contribution is -2.50. The molecule has 1 aliphatic rings. The summed E-state index contributed by atoms with van der Waals surface area (Å²) >= 11 is 1.44. The lowest BCUT2D eigenvalue weighted by molar-refractivity contribution is -0.141. The zero-order valence-electron chi connectivity index (χ0n) is 11.8. The Hall–Kier alpha value is -1.09. The van der Waals surface area contributed by atoms with Crippen molar-refractivity contribution >= 4 is 23.8 Å².